The van der Waals surface area contributed by atoms with E-state index in [1.54, 1.807) is 24.3 Å². The highest BCUT2D eigenvalue weighted by Gasteiger charge is 2.37. The van der Waals surface area contributed by atoms with E-state index in [4.69, 9.17) is 15.0 Å². The first-order valence-corrected chi connectivity index (χ1v) is 7.68. The van der Waals surface area contributed by atoms with Crippen molar-refractivity contribution in [2.24, 2.45) is 5.14 Å². The highest BCUT2D eigenvalue weighted by atomic mass is 32.2. The van der Waals surface area contributed by atoms with Crippen LogP contribution in [0.25, 0.3) is 0 Å². The van der Waals surface area contributed by atoms with Crippen molar-refractivity contribution in [2.75, 3.05) is 24.7 Å². The Morgan fingerprint density at radius 2 is 2.00 bits per heavy atom. The molecular formula is C12H16N2O5S. The molecule has 7 nitrogen and oxygen atoms in total. The van der Waals surface area contributed by atoms with E-state index >= 15 is 0 Å². The molecule has 1 unspecified atom stereocenters. The number of sulfonamides is 1. The van der Waals surface area contributed by atoms with Gasteiger partial charge in [-0.05, 0) is 24.3 Å². The maximum atomic E-state index is 11.8. The zero-order chi connectivity index (χ0) is 14.8. The van der Waals surface area contributed by atoms with Gasteiger partial charge in [-0.25, -0.2) is 13.6 Å². The molecule has 3 N–H and O–H groups in total. The third-order valence-electron chi connectivity index (χ3n) is 3.06. The molecule has 0 aromatic heterocycles. The van der Waals surface area contributed by atoms with E-state index in [0.717, 1.165) is 0 Å². The number of amides is 1. The average molecular weight is 300 g/mol. The van der Waals surface area contributed by atoms with Gasteiger partial charge in [-0.3, -0.25) is 4.79 Å². The van der Waals surface area contributed by atoms with Crippen LogP contribution in [-0.4, -0.2) is 44.4 Å². The van der Waals surface area contributed by atoms with Gasteiger partial charge in [-0.15, -0.1) is 0 Å². The van der Waals surface area contributed by atoms with E-state index in [1.165, 1.54) is 4.90 Å². The number of aliphatic hydroxyl groups excluding tert-OH is 1. The Hall–Kier alpha value is -1.64. The lowest BCUT2D eigenvalue weighted by Crippen LogP contribution is -2.32. The Kier molecular flexibility index (Phi) is 4.26. The molecule has 1 saturated heterocycles. The predicted molar refractivity (Wildman–Crippen MR) is 72.9 cm³/mol. The molecule has 1 atom stereocenters. The van der Waals surface area contributed by atoms with Gasteiger partial charge in [0.25, 0.3) is 0 Å². The molecule has 0 spiro atoms. The smallest absolute Gasteiger partial charge is 0.228 e. The van der Waals surface area contributed by atoms with Gasteiger partial charge in [0, 0.05) is 18.7 Å². The fraction of sp³-hybridized carbons (Fsp3) is 0.417. The number of primary sulfonamides is 1. The summed E-state index contributed by atoms with van der Waals surface area (Å²) in [5.41, 5.74) is 0.595. The number of ether oxygens (including phenoxy) is 1. The monoisotopic (exact) mass is 300 g/mol. The largest absolute Gasteiger partial charge is 0.491 e. The normalized spacial score (nSPS) is 19.4. The lowest BCUT2D eigenvalue weighted by atomic mass is 10.3. The number of rotatable bonds is 5. The summed E-state index contributed by atoms with van der Waals surface area (Å²) in [6.45, 7) is 0.173. The zero-order valence-electron chi connectivity index (χ0n) is 10.7. The summed E-state index contributed by atoms with van der Waals surface area (Å²) >= 11 is 0. The first kappa shape index (κ1) is 14.8. The van der Waals surface area contributed by atoms with Gasteiger partial charge in [-0.1, -0.05) is 0 Å². The van der Waals surface area contributed by atoms with Crippen LogP contribution in [0.4, 0.5) is 5.69 Å². The Morgan fingerprint density at radius 1 is 1.35 bits per heavy atom. The van der Waals surface area contributed by atoms with Crippen molar-refractivity contribution >= 4 is 21.6 Å². The second kappa shape index (κ2) is 5.78. The SMILES string of the molecule is NS(=O)(=O)C1CC(=O)N(c2ccc(OCCO)cc2)C1. The van der Waals surface area contributed by atoms with Crippen molar-refractivity contribution in [3.8, 4) is 5.75 Å². The van der Waals surface area contributed by atoms with Crippen LogP contribution in [0, 0.1) is 0 Å². The molecular weight excluding hydrogens is 284 g/mol. The van der Waals surface area contributed by atoms with Crippen LogP contribution in [-0.2, 0) is 14.8 Å². The second-order valence-corrected chi connectivity index (χ2v) is 6.33. The topological polar surface area (TPSA) is 110 Å². The number of nitrogens with zero attached hydrogens (tertiary/aromatic N) is 1. The summed E-state index contributed by atoms with van der Waals surface area (Å²) in [5.74, 6) is 0.297. The summed E-state index contributed by atoms with van der Waals surface area (Å²) in [6, 6.07) is 6.64. The standard InChI is InChI=1S/C12H16N2O5S/c13-20(17,18)11-7-12(16)14(8-11)9-1-3-10(4-2-9)19-6-5-15/h1-4,11,15H,5-8H2,(H2,13,17,18). The fourth-order valence-electron chi connectivity index (χ4n) is 2.03. The van der Waals surface area contributed by atoms with Gasteiger partial charge in [0.2, 0.25) is 15.9 Å². The van der Waals surface area contributed by atoms with Crippen LogP contribution >= 0.6 is 0 Å². The molecule has 0 bridgehead atoms. The van der Waals surface area contributed by atoms with Crippen molar-refractivity contribution in [1.29, 1.82) is 0 Å². The third-order valence-corrected chi connectivity index (χ3v) is 4.31. The maximum Gasteiger partial charge on any atom is 0.228 e. The number of anilines is 1. The molecule has 8 heteroatoms. The fourth-order valence-corrected chi connectivity index (χ4v) is 2.76. The molecule has 1 aliphatic rings. The van der Waals surface area contributed by atoms with Crippen LogP contribution in [0.15, 0.2) is 24.3 Å². The van der Waals surface area contributed by atoms with Gasteiger partial charge in [-0.2, -0.15) is 0 Å². The Balaban J connectivity index is 2.10. The molecule has 1 amide bonds. The van der Waals surface area contributed by atoms with Gasteiger partial charge >= 0.3 is 0 Å². The van der Waals surface area contributed by atoms with Gasteiger partial charge < -0.3 is 14.7 Å². The average Bonchev–Trinajstić information content (AvgIpc) is 2.79. The molecule has 1 heterocycles. The van der Waals surface area contributed by atoms with Gasteiger partial charge in [0.05, 0.1) is 6.61 Å². The van der Waals surface area contributed by atoms with E-state index in [2.05, 4.69) is 0 Å². The molecule has 0 radical (unpaired) electrons. The summed E-state index contributed by atoms with van der Waals surface area (Å²) in [4.78, 5) is 13.2. The quantitative estimate of drug-likeness (QED) is 0.758. The number of carbonyl (C=O) groups excluding carboxylic acids is 1. The molecule has 1 aromatic rings. The Bertz CT molecular complexity index is 584. The first-order chi connectivity index (χ1) is 9.41. The molecule has 0 saturated carbocycles. The summed E-state index contributed by atoms with van der Waals surface area (Å²) in [5, 5.41) is 12.9. The molecule has 1 fully saturated rings. The number of hydrogen-bond acceptors (Lipinski definition) is 5. The number of aliphatic hydroxyl groups is 1. The minimum atomic E-state index is -3.71. The molecule has 110 valence electrons. The van der Waals surface area contributed by atoms with E-state index in [-0.39, 0.29) is 32.1 Å². The van der Waals surface area contributed by atoms with Crippen molar-refractivity contribution < 1.29 is 23.1 Å². The van der Waals surface area contributed by atoms with E-state index in [9.17, 15) is 13.2 Å². The van der Waals surface area contributed by atoms with Crippen LogP contribution in [0.3, 0.4) is 0 Å². The number of benzene rings is 1. The van der Waals surface area contributed by atoms with Crippen molar-refractivity contribution in [3.63, 3.8) is 0 Å². The van der Waals surface area contributed by atoms with Crippen LogP contribution in [0.5, 0.6) is 5.75 Å². The molecule has 1 aliphatic heterocycles. The van der Waals surface area contributed by atoms with Crippen LogP contribution in [0.2, 0.25) is 0 Å². The van der Waals surface area contributed by atoms with Crippen LogP contribution in [0.1, 0.15) is 6.42 Å². The molecule has 0 aliphatic carbocycles. The van der Waals surface area contributed by atoms with Crippen molar-refractivity contribution in [3.05, 3.63) is 24.3 Å². The van der Waals surface area contributed by atoms with E-state index < -0.39 is 15.3 Å². The highest BCUT2D eigenvalue weighted by Crippen LogP contribution is 2.26. The molecule has 2 rings (SSSR count). The Labute approximate surface area is 117 Å². The molecule has 20 heavy (non-hydrogen) atoms. The maximum absolute atomic E-state index is 11.8. The van der Waals surface area contributed by atoms with Crippen molar-refractivity contribution in [2.45, 2.75) is 11.7 Å². The predicted octanol–water partition coefficient (Wildman–Crippen LogP) is -0.548. The third kappa shape index (κ3) is 3.27. The summed E-state index contributed by atoms with van der Waals surface area (Å²) in [6.07, 6.45) is -0.0956. The molecule has 1 aromatic carbocycles. The first-order valence-electron chi connectivity index (χ1n) is 6.07. The number of hydrogen-bond donors (Lipinski definition) is 2. The van der Waals surface area contributed by atoms with E-state index in [0.29, 0.717) is 11.4 Å². The lowest BCUT2D eigenvalue weighted by Gasteiger charge is -2.16. The van der Waals surface area contributed by atoms with Crippen molar-refractivity contribution in [1.82, 2.24) is 0 Å². The zero-order valence-corrected chi connectivity index (χ0v) is 11.5. The summed E-state index contributed by atoms with van der Waals surface area (Å²) in [7, 11) is -3.71. The van der Waals surface area contributed by atoms with Gasteiger partial charge in [0.1, 0.15) is 17.6 Å². The van der Waals surface area contributed by atoms with E-state index in [1.807, 2.05) is 0 Å². The lowest BCUT2D eigenvalue weighted by molar-refractivity contribution is -0.117. The highest BCUT2D eigenvalue weighted by molar-refractivity contribution is 7.89. The van der Waals surface area contributed by atoms with Crippen LogP contribution < -0.4 is 14.8 Å². The Morgan fingerprint density at radius 3 is 2.50 bits per heavy atom. The second-order valence-electron chi connectivity index (χ2n) is 4.49. The minimum absolute atomic E-state index is 0.0640. The minimum Gasteiger partial charge on any atom is -0.491 e. The summed E-state index contributed by atoms with van der Waals surface area (Å²) < 4.78 is 27.8. The number of nitrogens with two attached hydrogens (primary N) is 1. The number of carbonyl (C=O) groups is 1. The van der Waals surface area contributed by atoms with Gasteiger partial charge in [0.15, 0.2) is 0 Å².